The molecule has 0 aliphatic carbocycles. The minimum Gasteiger partial charge on any atom is -0.507 e. The Balaban J connectivity index is 2.20. The van der Waals surface area contributed by atoms with Crippen molar-refractivity contribution < 1.29 is 5.11 Å². The number of rotatable bonds is 1. The molecule has 0 saturated carbocycles. The smallest absolute Gasteiger partial charge is 0.234 e. The zero-order valence-corrected chi connectivity index (χ0v) is 11.2. The quantitative estimate of drug-likeness (QED) is 0.750. The third-order valence-electron chi connectivity index (χ3n) is 2.34. The molecule has 0 aliphatic heterocycles. The normalized spacial score (nSPS) is 11.2. The summed E-state index contributed by atoms with van der Waals surface area (Å²) in [7, 11) is 0. The van der Waals surface area contributed by atoms with Crippen LogP contribution in [0.25, 0.3) is 15.5 Å². The van der Waals surface area contributed by atoms with E-state index < -0.39 is 0 Å². The molecule has 1 N–H and O–H groups in total. The van der Waals surface area contributed by atoms with Crippen molar-refractivity contribution in [1.82, 2.24) is 19.8 Å². The first-order valence-electron chi connectivity index (χ1n) is 4.83. The van der Waals surface area contributed by atoms with Crippen LogP contribution in [0.1, 0.15) is 5.82 Å². The monoisotopic (exact) mass is 310 g/mol. The molecular weight excluding hydrogens is 304 g/mol. The third kappa shape index (κ3) is 1.71. The predicted molar refractivity (Wildman–Crippen MR) is 68.2 cm³/mol. The largest absolute Gasteiger partial charge is 0.507 e. The second-order valence-electron chi connectivity index (χ2n) is 3.51. The van der Waals surface area contributed by atoms with Crippen molar-refractivity contribution in [2.45, 2.75) is 6.92 Å². The Morgan fingerprint density at radius 3 is 2.88 bits per heavy atom. The van der Waals surface area contributed by atoms with Crippen LogP contribution in [0.15, 0.2) is 22.7 Å². The van der Waals surface area contributed by atoms with E-state index in [1.807, 2.05) is 19.1 Å². The molecular formula is C10H7BrN4OS. The van der Waals surface area contributed by atoms with Crippen molar-refractivity contribution in [3.63, 3.8) is 0 Å². The van der Waals surface area contributed by atoms with Crippen LogP contribution in [0.4, 0.5) is 0 Å². The molecule has 0 unspecified atom stereocenters. The second kappa shape index (κ2) is 3.78. The van der Waals surface area contributed by atoms with Gasteiger partial charge in [-0.3, -0.25) is 0 Å². The van der Waals surface area contributed by atoms with Gasteiger partial charge in [-0.15, -0.1) is 10.2 Å². The van der Waals surface area contributed by atoms with Crippen molar-refractivity contribution in [3.05, 3.63) is 28.5 Å². The number of nitrogens with zero attached hydrogens (tertiary/aromatic N) is 4. The molecule has 0 atom stereocenters. The number of hydrogen-bond donors (Lipinski definition) is 1. The van der Waals surface area contributed by atoms with Gasteiger partial charge in [0.2, 0.25) is 4.96 Å². The maximum Gasteiger partial charge on any atom is 0.234 e. The van der Waals surface area contributed by atoms with Crippen LogP contribution in [-0.2, 0) is 0 Å². The van der Waals surface area contributed by atoms with Crippen LogP contribution in [-0.4, -0.2) is 24.9 Å². The van der Waals surface area contributed by atoms with E-state index >= 15 is 0 Å². The minimum absolute atomic E-state index is 0.196. The van der Waals surface area contributed by atoms with Crippen molar-refractivity contribution in [2.24, 2.45) is 0 Å². The van der Waals surface area contributed by atoms with Gasteiger partial charge in [-0.05, 0) is 25.1 Å². The molecule has 17 heavy (non-hydrogen) atoms. The highest BCUT2D eigenvalue weighted by Crippen LogP contribution is 2.34. The summed E-state index contributed by atoms with van der Waals surface area (Å²) in [5.41, 5.74) is 0.697. The fraction of sp³-hybridized carbons (Fsp3) is 0.100. The van der Waals surface area contributed by atoms with Gasteiger partial charge in [-0.25, -0.2) is 0 Å². The lowest BCUT2D eigenvalue weighted by molar-refractivity contribution is 0.477. The first-order chi connectivity index (χ1) is 8.15. The van der Waals surface area contributed by atoms with Crippen LogP contribution in [0, 0.1) is 6.92 Å². The lowest BCUT2D eigenvalue weighted by Crippen LogP contribution is -1.88. The second-order valence-corrected chi connectivity index (χ2v) is 5.38. The van der Waals surface area contributed by atoms with Crippen molar-refractivity contribution >= 4 is 32.2 Å². The SMILES string of the molecule is Cc1nnc2sc(-c3ccc(Br)cc3O)nn12. The molecule has 7 heteroatoms. The van der Waals surface area contributed by atoms with Crippen molar-refractivity contribution in [1.29, 1.82) is 0 Å². The van der Waals surface area contributed by atoms with Gasteiger partial charge in [0.1, 0.15) is 5.75 Å². The fourth-order valence-corrected chi connectivity index (χ4v) is 2.78. The molecule has 0 radical (unpaired) electrons. The first kappa shape index (κ1) is 10.7. The summed E-state index contributed by atoms with van der Waals surface area (Å²) >= 11 is 4.70. The molecule has 0 aliphatic rings. The highest BCUT2D eigenvalue weighted by atomic mass is 79.9. The Labute approximate surface area is 109 Å². The molecule has 2 heterocycles. The number of halogens is 1. The van der Waals surface area contributed by atoms with Crippen LogP contribution < -0.4 is 0 Å². The number of fused-ring (bicyclic) bond motifs is 1. The van der Waals surface area contributed by atoms with E-state index in [4.69, 9.17) is 0 Å². The first-order valence-corrected chi connectivity index (χ1v) is 6.44. The molecule has 0 bridgehead atoms. The Morgan fingerprint density at radius 1 is 1.35 bits per heavy atom. The minimum atomic E-state index is 0.196. The molecule has 5 nitrogen and oxygen atoms in total. The number of aromatic nitrogens is 4. The molecule has 86 valence electrons. The summed E-state index contributed by atoms with van der Waals surface area (Å²) in [5.74, 6) is 0.932. The number of benzene rings is 1. The molecule has 3 aromatic rings. The van der Waals surface area contributed by atoms with Gasteiger partial charge in [0.05, 0.1) is 5.56 Å². The van der Waals surface area contributed by atoms with E-state index in [0.717, 1.165) is 20.3 Å². The highest BCUT2D eigenvalue weighted by Gasteiger charge is 2.13. The zero-order valence-electron chi connectivity index (χ0n) is 8.75. The lowest BCUT2D eigenvalue weighted by atomic mass is 10.2. The maximum atomic E-state index is 9.87. The highest BCUT2D eigenvalue weighted by molar-refractivity contribution is 9.10. The zero-order chi connectivity index (χ0) is 12.0. The molecule has 3 rings (SSSR count). The fourth-order valence-electron chi connectivity index (χ4n) is 1.51. The van der Waals surface area contributed by atoms with Crippen molar-refractivity contribution in [2.75, 3.05) is 0 Å². The maximum absolute atomic E-state index is 9.87. The summed E-state index contributed by atoms with van der Waals surface area (Å²) in [6, 6.07) is 5.33. The van der Waals surface area contributed by atoms with Crippen LogP contribution in [0.5, 0.6) is 5.75 Å². The number of phenolic OH excluding ortho intramolecular Hbond substituents is 1. The standard InChI is InChI=1S/C10H7BrN4OS/c1-5-12-13-10-15(5)14-9(17-10)7-3-2-6(11)4-8(7)16/h2-4,16H,1H3. The van der Waals surface area contributed by atoms with E-state index in [9.17, 15) is 5.11 Å². The third-order valence-corrected chi connectivity index (χ3v) is 3.76. The van der Waals surface area contributed by atoms with Gasteiger partial charge in [0.25, 0.3) is 0 Å². The van der Waals surface area contributed by atoms with Crippen LogP contribution >= 0.6 is 27.3 Å². The summed E-state index contributed by atoms with van der Waals surface area (Å²) in [6.45, 7) is 1.84. The number of hydrogen-bond acceptors (Lipinski definition) is 5. The van der Waals surface area contributed by atoms with Gasteiger partial charge in [0.15, 0.2) is 10.8 Å². The van der Waals surface area contributed by atoms with Crippen molar-refractivity contribution in [3.8, 4) is 16.3 Å². The number of aryl methyl sites for hydroxylation is 1. The topological polar surface area (TPSA) is 63.3 Å². The van der Waals surface area contributed by atoms with Gasteiger partial charge >= 0.3 is 0 Å². The van der Waals surface area contributed by atoms with Gasteiger partial charge < -0.3 is 5.11 Å². The number of aromatic hydroxyl groups is 1. The molecule has 0 spiro atoms. The van der Waals surface area contributed by atoms with Gasteiger partial charge in [-0.2, -0.15) is 9.61 Å². The predicted octanol–water partition coefficient (Wildman–Crippen LogP) is 2.63. The Bertz CT molecular complexity index is 705. The molecule has 2 aromatic heterocycles. The van der Waals surface area contributed by atoms with Crippen LogP contribution in [0.3, 0.4) is 0 Å². The molecule has 0 fully saturated rings. The molecule has 0 amide bonds. The molecule has 0 saturated heterocycles. The number of phenols is 1. The Morgan fingerprint density at radius 2 is 2.18 bits per heavy atom. The average Bonchev–Trinajstić information content (AvgIpc) is 2.81. The summed E-state index contributed by atoms with van der Waals surface area (Å²) in [5, 5.41) is 22.9. The molecule has 1 aromatic carbocycles. The van der Waals surface area contributed by atoms with E-state index in [1.165, 1.54) is 11.3 Å². The van der Waals surface area contributed by atoms with Gasteiger partial charge in [0, 0.05) is 4.47 Å². The average molecular weight is 311 g/mol. The Kier molecular flexibility index (Phi) is 2.37. The van der Waals surface area contributed by atoms with Crippen LogP contribution in [0.2, 0.25) is 0 Å². The van der Waals surface area contributed by atoms with E-state index in [-0.39, 0.29) is 5.75 Å². The summed E-state index contributed by atoms with van der Waals surface area (Å²) < 4.78 is 2.50. The van der Waals surface area contributed by atoms with E-state index in [1.54, 1.807) is 10.6 Å². The van der Waals surface area contributed by atoms with E-state index in [0.29, 0.717) is 5.56 Å². The Hall–Kier alpha value is -1.47. The lowest BCUT2D eigenvalue weighted by Gasteiger charge is -2.00. The van der Waals surface area contributed by atoms with E-state index in [2.05, 4.69) is 31.2 Å². The summed E-state index contributed by atoms with van der Waals surface area (Å²) in [6.07, 6.45) is 0. The van der Waals surface area contributed by atoms with Gasteiger partial charge in [-0.1, -0.05) is 27.3 Å². The summed E-state index contributed by atoms with van der Waals surface area (Å²) in [4.78, 5) is 0.722.